The van der Waals surface area contributed by atoms with Gasteiger partial charge in [-0.05, 0) is 55.7 Å². The average Bonchev–Trinajstić information content (AvgIpc) is 2.44. The summed E-state index contributed by atoms with van der Waals surface area (Å²) in [6.45, 7) is 3.50. The van der Waals surface area contributed by atoms with Crippen LogP contribution in [0.5, 0.6) is 0 Å². The first-order valence-electron chi connectivity index (χ1n) is 8.62. The summed E-state index contributed by atoms with van der Waals surface area (Å²) < 4.78 is 0. The van der Waals surface area contributed by atoms with Gasteiger partial charge < -0.3 is 5.32 Å². The number of nitrogens with one attached hydrogen (secondary N) is 1. The van der Waals surface area contributed by atoms with Gasteiger partial charge in [-0.2, -0.15) is 0 Å². The van der Waals surface area contributed by atoms with Gasteiger partial charge in [0.25, 0.3) is 0 Å². The molecule has 0 spiro atoms. The van der Waals surface area contributed by atoms with Gasteiger partial charge in [-0.3, -0.25) is 0 Å². The first-order valence-corrected chi connectivity index (χ1v) is 8.62. The highest BCUT2D eigenvalue weighted by molar-refractivity contribution is 5.31. The summed E-state index contributed by atoms with van der Waals surface area (Å²) in [5, 5.41) is 3.79. The zero-order chi connectivity index (χ0) is 13.8. The monoisotopic (exact) mass is 271 g/mol. The Morgan fingerprint density at radius 1 is 1.05 bits per heavy atom. The summed E-state index contributed by atoms with van der Waals surface area (Å²) in [5.74, 6) is 1.83. The number of hydrogen-bond donors (Lipinski definition) is 1. The van der Waals surface area contributed by atoms with Crippen molar-refractivity contribution in [1.82, 2.24) is 5.32 Å². The summed E-state index contributed by atoms with van der Waals surface area (Å²) in [5.41, 5.74) is 3.05. The Hall–Kier alpha value is -0.820. The Morgan fingerprint density at radius 3 is 2.55 bits per heavy atom. The molecule has 1 aromatic rings. The van der Waals surface area contributed by atoms with E-state index in [4.69, 9.17) is 0 Å². The van der Waals surface area contributed by atoms with Crippen LogP contribution in [0.15, 0.2) is 24.3 Å². The number of hydrogen-bond acceptors (Lipinski definition) is 1. The number of rotatable bonds is 5. The lowest BCUT2D eigenvalue weighted by molar-refractivity contribution is 0.270. The Labute approximate surface area is 124 Å². The van der Waals surface area contributed by atoms with Crippen LogP contribution in [-0.2, 0) is 0 Å². The third-order valence-corrected chi connectivity index (χ3v) is 5.48. The van der Waals surface area contributed by atoms with Crippen molar-refractivity contribution in [3.63, 3.8) is 0 Å². The molecule has 0 aliphatic heterocycles. The maximum absolute atomic E-state index is 3.79. The van der Waals surface area contributed by atoms with E-state index >= 15 is 0 Å². The normalized spacial score (nSPS) is 27.2. The predicted molar refractivity (Wildman–Crippen MR) is 86.1 cm³/mol. The Balaban J connectivity index is 1.35. The molecule has 0 radical (unpaired) electrons. The standard InChI is InChI=1S/C19H29N/c1-15-7-5-6-10-19(15)17-13-18(14-17)20-12-11-16-8-3-2-4-9-16/h5-7,10,16-18,20H,2-4,8-9,11-14H2,1H3. The Kier molecular flexibility index (Phi) is 4.77. The molecule has 0 unspecified atom stereocenters. The molecule has 0 atom stereocenters. The predicted octanol–water partition coefficient (Wildman–Crippen LogP) is 4.80. The quantitative estimate of drug-likeness (QED) is 0.811. The fraction of sp³-hybridized carbons (Fsp3) is 0.684. The van der Waals surface area contributed by atoms with Crippen molar-refractivity contribution in [3.8, 4) is 0 Å². The van der Waals surface area contributed by atoms with Crippen LogP contribution in [0.1, 0.15) is 68.4 Å². The molecule has 0 saturated heterocycles. The van der Waals surface area contributed by atoms with Gasteiger partial charge in [-0.1, -0.05) is 56.4 Å². The number of benzene rings is 1. The highest BCUT2D eigenvalue weighted by Crippen LogP contribution is 2.38. The van der Waals surface area contributed by atoms with E-state index in [-0.39, 0.29) is 0 Å². The molecule has 0 bridgehead atoms. The van der Waals surface area contributed by atoms with Crippen LogP contribution >= 0.6 is 0 Å². The zero-order valence-electron chi connectivity index (χ0n) is 12.9. The Bertz CT molecular complexity index is 414. The van der Waals surface area contributed by atoms with Gasteiger partial charge in [-0.25, -0.2) is 0 Å². The molecule has 1 aromatic carbocycles. The molecule has 2 aliphatic carbocycles. The van der Waals surface area contributed by atoms with E-state index in [9.17, 15) is 0 Å². The molecule has 20 heavy (non-hydrogen) atoms. The zero-order valence-corrected chi connectivity index (χ0v) is 12.9. The van der Waals surface area contributed by atoms with Crippen LogP contribution < -0.4 is 5.32 Å². The van der Waals surface area contributed by atoms with Crippen molar-refractivity contribution in [1.29, 1.82) is 0 Å². The van der Waals surface area contributed by atoms with Crippen molar-refractivity contribution in [2.24, 2.45) is 5.92 Å². The van der Waals surface area contributed by atoms with E-state index in [1.165, 1.54) is 63.5 Å². The van der Waals surface area contributed by atoms with E-state index in [2.05, 4.69) is 36.5 Å². The molecule has 1 nitrogen and oxygen atoms in total. The van der Waals surface area contributed by atoms with Gasteiger partial charge in [0.2, 0.25) is 0 Å². The minimum atomic E-state index is 0.781. The lowest BCUT2D eigenvalue weighted by Gasteiger charge is -2.37. The maximum Gasteiger partial charge on any atom is 0.00787 e. The second-order valence-corrected chi connectivity index (χ2v) is 6.97. The van der Waals surface area contributed by atoms with Gasteiger partial charge in [0.05, 0.1) is 0 Å². The third-order valence-electron chi connectivity index (χ3n) is 5.48. The van der Waals surface area contributed by atoms with Gasteiger partial charge in [-0.15, -0.1) is 0 Å². The van der Waals surface area contributed by atoms with Crippen LogP contribution in [0.25, 0.3) is 0 Å². The molecule has 0 aromatic heterocycles. The Morgan fingerprint density at radius 2 is 1.80 bits per heavy atom. The van der Waals surface area contributed by atoms with Crippen molar-refractivity contribution < 1.29 is 0 Å². The van der Waals surface area contributed by atoms with Crippen molar-refractivity contribution >= 4 is 0 Å². The SMILES string of the molecule is Cc1ccccc1C1CC(NCCC2CCCCC2)C1. The van der Waals surface area contributed by atoms with Crippen LogP contribution in [0.4, 0.5) is 0 Å². The summed E-state index contributed by atoms with van der Waals surface area (Å²) in [6.07, 6.45) is 11.5. The average molecular weight is 271 g/mol. The van der Waals surface area contributed by atoms with Crippen LogP contribution in [0.2, 0.25) is 0 Å². The van der Waals surface area contributed by atoms with Crippen LogP contribution in [-0.4, -0.2) is 12.6 Å². The maximum atomic E-state index is 3.79. The molecule has 0 amide bonds. The largest absolute Gasteiger partial charge is 0.314 e. The molecule has 2 fully saturated rings. The van der Waals surface area contributed by atoms with E-state index in [1.54, 1.807) is 5.56 Å². The summed E-state index contributed by atoms with van der Waals surface area (Å²) in [7, 11) is 0. The van der Waals surface area contributed by atoms with Crippen molar-refractivity contribution in [2.75, 3.05) is 6.54 Å². The summed E-state index contributed by atoms with van der Waals surface area (Å²) >= 11 is 0. The second-order valence-electron chi connectivity index (χ2n) is 6.97. The second kappa shape index (κ2) is 6.76. The minimum Gasteiger partial charge on any atom is -0.314 e. The molecule has 2 saturated carbocycles. The van der Waals surface area contributed by atoms with Gasteiger partial charge in [0.15, 0.2) is 0 Å². The summed E-state index contributed by atoms with van der Waals surface area (Å²) in [4.78, 5) is 0. The van der Waals surface area contributed by atoms with Gasteiger partial charge >= 0.3 is 0 Å². The van der Waals surface area contributed by atoms with Crippen LogP contribution in [0, 0.1) is 12.8 Å². The molecule has 3 rings (SSSR count). The van der Waals surface area contributed by atoms with E-state index in [1.807, 2.05) is 0 Å². The number of aryl methyl sites for hydroxylation is 1. The smallest absolute Gasteiger partial charge is 0.00787 e. The fourth-order valence-corrected chi connectivity index (χ4v) is 4.05. The minimum absolute atomic E-state index is 0.781. The molecular formula is C19H29N. The summed E-state index contributed by atoms with van der Waals surface area (Å²) in [6, 6.07) is 9.68. The highest BCUT2D eigenvalue weighted by Gasteiger charge is 2.30. The lowest BCUT2D eigenvalue weighted by Crippen LogP contribution is -2.41. The van der Waals surface area contributed by atoms with Gasteiger partial charge in [0, 0.05) is 6.04 Å². The lowest BCUT2D eigenvalue weighted by atomic mass is 9.74. The first kappa shape index (κ1) is 14.1. The third kappa shape index (κ3) is 3.44. The fourth-order valence-electron chi connectivity index (χ4n) is 4.05. The van der Waals surface area contributed by atoms with E-state index in [0.29, 0.717) is 0 Å². The van der Waals surface area contributed by atoms with Gasteiger partial charge in [0.1, 0.15) is 0 Å². The molecule has 1 heteroatoms. The molecular weight excluding hydrogens is 242 g/mol. The van der Waals surface area contributed by atoms with E-state index in [0.717, 1.165) is 17.9 Å². The van der Waals surface area contributed by atoms with E-state index < -0.39 is 0 Å². The molecule has 1 N–H and O–H groups in total. The highest BCUT2D eigenvalue weighted by atomic mass is 14.9. The van der Waals surface area contributed by atoms with Crippen LogP contribution in [0.3, 0.4) is 0 Å². The molecule has 0 heterocycles. The topological polar surface area (TPSA) is 12.0 Å². The molecule has 110 valence electrons. The van der Waals surface area contributed by atoms with Crippen molar-refractivity contribution in [2.45, 2.75) is 70.3 Å². The first-order chi connectivity index (χ1) is 9.83. The van der Waals surface area contributed by atoms with Crippen molar-refractivity contribution in [3.05, 3.63) is 35.4 Å². The molecule has 2 aliphatic rings.